The molecule has 0 aliphatic carbocycles. The normalized spacial score (nSPS) is 12.6. The average Bonchev–Trinajstić information content (AvgIpc) is 2.03. The van der Waals surface area contributed by atoms with Gasteiger partial charge >= 0.3 is 6.36 Å². The van der Waals surface area contributed by atoms with Crippen LogP contribution in [0.5, 0.6) is 5.75 Å². The van der Waals surface area contributed by atoms with Gasteiger partial charge in [-0.05, 0) is 31.5 Å². The zero-order chi connectivity index (χ0) is 12.4. The molecule has 0 atom stereocenters. The van der Waals surface area contributed by atoms with Gasteiger partial charge in [0.05, 0.1) is 5.60 Å². The van der Waals surface area contributed by atoms with Gasteiger partial charge in [0.1, 0.15) is 5.75 Å². The number of ether oxygens (including phenoxy) is 1. The second-order valence-electron chi connectivity index (χ2n) is 3.91. The summed E-state index contributed by atoms with van der Waals surface area (Å²) >= 11 is 0. The Morgan fingerprint density at radius 2 is 1.62 bits per heavy atom. The zero-order valence-corrected chi connectivity index (χ0v) is 8.88. The molecule has 16 heavy (non-hydrogen) atoms. The van der Waals surface area contributed by atoms with E-state index in [9.17, 15) is 18.3 Å². The Bertz CT molecular complexity index is 301. The lowest BCUT2D eigenvalue weighted by atomic mass is 9.99. The Balaban J connectivity index is 2.69. The van der Waals surface area contributed by atoms with E-state index in [4.69, 9.17) is 0 Å². The van der Waals surface area contributed by atoms with Gasteiger partial charge in [-0.15, -0.1) is 13.2 Å². The Kier molecular flexibility index (Phi) is 3.48. The van der Waals surface area contributed by atoms with Crippen LogP contribution in [0.25, 0.3) is 0 Å². The van der Waals surface area contributed by atoms with Crippen molar-refractivity contribution in [3.8, 4) is 5.75 Å². The summed E-state index contributed by atoms with van der Waals surface area (Å²) < 4.78 is 39.2. The third-order valence-corrected chi connectivity index (χ3v) is 1.63. The smallest absolute Gasteiger partial charge is 0.406 e. The monoisotopic (exact) mass is 233 g/mol. The molecule has 0 aliphatic heterocycles. The fourth-order valence-corrected chi connectivity index (χ4v) is 1.17. The number of halogens is 3. The van der Waals surface area contributed by atoms with Crippen molar-refractivity contribution < 1.29 is 23.0 Å². The Hall–Kier alpha value is -1.23. The lowest BCUT2D eigenvalue weighted by Crippen LogP contribution is -2.19. The summed E-state index contributed by atoms with van der Waals surface area (Å²) in [6.07, 6.45) is -3.15. The number of benzene rings is 1. The average molecular weight is 233 g/mol. The van der Waals surface area contributed by atoms with Crippen LogP contribution in [-0.2, 0) is 0 Å². The highest BCUT2D eigenvalue weighted by Crippen LogP contribution is 2.24. The summed E-state index contributed by atoms with van der Waals surface area (Å²) in [4.78, 5) is 0. The molecule has 0 spiro atoms. The highest BCUT2D eigenvalue weighted by Gasteiger charge is 2.31. The zero-order valence-electron chi connectivity index (χ0n) is 8.88. The molecule has 0 saturated carbocycles. The predicted molar refractivity (Wildman–Crippen MR) is 52.8 cm³/mol. The Morgan fingerprint density at radius 1 is 1.12 bits per heavy atom. The fraction of sp³-hybridized carbons (Fsp3) is 0.364. The largest absolute Gasteiger partial charge is 0.573 e. The molecule has 1 N–H and O–H groups in total. The molecular weight excluding hydrogens is 221 g/mol. The summed E-state index contributed by atoms with van der Waals surface area (Å²) in [5, 5.41) is 9.46. The highest BCUT2D eigenvalue weighted by atomic mass is 19.4. The molecule has 0 bridgehead atoms. The van der Waals surface area contributed by atoms with E-state index in [0.717, 1.165) is 0 Å². The van der Waals surface area contributed by atoms with Crippen LogP contribution in [0.3, 0.4) is 0 Å². The minimum absolute atomic E-state index is 0.277. The van der Waals surface area contributed by atoms with E-state index >= 15 is 0 Å². The van der Waals surface area contributed by atoms with Gasteiger partial charge in [-0.1, -0.05) is 12.1 Å². The van der Waals surface area contributed by atoms with Crippen LogP contribution in [0.1, 0.15) is 19.4 Å². The predicted octanol–water partition coefficient (Wildman–Crippen LogP) is 2.91. The molecule has 2 nitrogen and oxygen atoms in total. The number of hydrogen-bond acceptors (Lipinski definition) is 2. The Morgan fingerprint density at radius 3 is 2.00 bits per heavy atom. The van der Waals surface area contributed by atoms with Crippen molar-refractivity contribution in [2.24, 2.45) is 0 Å². The molecule has 1 aromatic carbocycles. The van der Waals surface area contributed by atoms with E-state index in [-0.39, 0.29) is 5.75 Å². The molecule has 89 valence electrons. The van der Waals surface area contributed by atoms with E-state index in [0.29, 0.717) is 5.56 Å². The van der Waals surface area contributed by atoms with E-state index in [1.165, 1.54) is 30.7 Å². The summed E-state index contributed by atoms with van der Waals surface area (Å²) in [6.45, 7) is 3.15. The maximum absolute atomic E-state index is 11.8. The molecule has 1 aromatic rings. The van der Waals surface area contributed by atoms with Crippen molar-refractivity contribution >= 4 is 0 Å². The van der Waals surface area contributed by atoms with Crippen molar-refractivity contribution in [3.63, 3.8) is 0 Å². The van der Waals surface area contributed by atoms with Crippen LogP contribution in [0.4, 0.5) is 13.2 Å². The summed E-state index contributed by atoms with van der Waals surface area (Å²) in [7, 11) is 0. The van der Waals surface area contributed by atoms with Crippen molar-refractivity contribution in [1.82, 2.24) is 0 Å². The van der Waals surface area contributed by atoms with Gasteiger partial charge in [0, 0.05) is 6.42 Å². The first-order chi connectivity index (χ1) is 7.16. The fourth-order valence-electron chi connectivity index (χ4n) is 1.17. The van der Waals surface area contributed by atoms with E-state index < -0.39 is 12.0 Å². The molecule has 1 rings (SSSR count). The van der Waals surface area contributed by atoms with Crippen molar-refractivity contribution in [2.45, 2.75) is 25.8 Å². The summed E-state index contributed by atoms with van der Waals surface area (Å²) in [5.74, 6) is -0.277. The molecule has 0 fully saturated rings. The number of rotatable bonds is 3. The third-order valence-electron chi connectivity index (χ3n) is 1.63. The minimum atomic E-state index is -4.68. The van der Waals surface area contributed by atoms with Gasteiger partial charge in [0.15, 0.2) is 0 Å². The topological polar surface area (TPSA) is 29.5 Å². The van der Waals surface area contributed by atoms with Crippen LogP contribution in [0.2, 0.25) is 0 Å². The quantitative estimate of drug-likeness (QED) is 0.869. The van der Waals surface area contributed by atoms with Crippen molar-refractivity contribution in [2.75, 3.05) is 0 Å². The van der Waals surface area contributed by atoms with Crippen molar-refractivity contribution in [1.29, 1.82) is 0 Å². The molecule has 0 saturated heterocycles. The first-order valence-electron chi connectivity index (χ1n) is 4.60. The Labute approximate surface area is 91.7 Å². The van der Waals surface area contributed by atoms with Gasteiger partial charge in [-0.25, -0.2) is 0 Å². The molecule has 0 aliphatic rings. The van der Waals surface area contributed by atoms with Crippen molar-refractivity contribution in [3.05, 3.63) is 36.2 Å². The van der Waals surface area contributed by atoms with Crippen LogP contribution in [-0.4, -0.2) is 17.1 Å². The first-order valence-corrected chi connectivity index (χ1v) is 4.60. The van der Waals surface area contributed by atoms with Gasteiger partial charge in [0.2, 0.25) is 0 Å². The van der Waals surface area contributed by atoms with E-state index in [1.54, 1.807) is 13.8 Å². The van der Waals surface area contributed by atoms with Gasteiger partial charge in [-0.3, -0.25) is 0 Å². The van der Waals surface area contributed by atoms with E-state index in [2.05, 4.69) is 4.74 Å². The maximum atomic E-state index is 11.8. The summed E-state index contributed by atoms with van der Waals surface area (Å²) in [6, 6.07) is 5.29. The minimum Gasteiger partial charge on any atom is -0.406 e. The number of alkyl halides is 3. The number of hydrogen-bond donors (Lipinski definition) is 1. The number of aliphatic hydroxyl groups is 1. The lowest BCUT2D eigenvalue weighted by molar-refractivity contribution is -0.274. The molecule has 0 amide bonds. The van der Waals surface area contributed by atoms with E-state index in [1.807, 2.05) is 0 Å². The molecule has 0 unspecified atom stereocenters. The molecule has 5 heteroatoms. The van der Waals surface area contributed by atoms with Crippen LogP contribution in [0, 0.1) is 6.42 Å². The highest BCUT2D eigenvalue weighted by molar-refractivity contribution is 5.33. The summed E-state index contributed by atoms with van der Waals surface area (Å²) in [5.41, 5.74) is -0.381. The van der Waals surface area contributed by atoms with Gasteiger partial charge in [0.25, 0.3) is 0 Å². The molecule has 0 heterocycles. The molecule has 0 aromatic heterocycles. The lowest BCUT2D eigenvalue weighted by Gasteiger charge is -2.16. The van der Waals surface area contributed by atoms with Crippen LogP contribution >= 0.6 is 0 Å². The molecular formula is C11H12F3O2. The van der Waals surface area contributed by atoms with Gasteiger partial charge < -0.3 is 9.84 Å². The van der Waals surface area contributed by atoms with Crippen LogP contribution < -0.4 is 4.74 Å². The second-order valence-corrected chi connectivity index (χ2v) is 3.91. The SMILES string of the molecule is CC(C)(O)[CH]c1ccc(OC(F)(F)F)cc1. The maximum Gasteiger partial charge on any atom is 0.573 e. The second kappa shape index (κ2) is 4.33. The first kappa shape index (κ1) is 12.8. The van der Waals surface area contributed by atoms with Crippen LogP contribution in [0.15, 0.2) is 24.3 Å². The molecule has 1 radical (unpaired) electrons. The van der Waals surface area contributed by atoms with Gasteiger partial charge in [-0.2, -0.15) is 0 Å². The standard InChI is InChI=1S/C11H12F3O2/c1-10(2,15)7-8-3-5-9(6-4-8)16-11(12,13)14/h3-7,15H,1-2H3. The third kappa shape index (κ3) is 5.02.